The summed E-state index contributed by atoms with van der Waals surface area (Å²) in [5.74, 6) is 0.0209. The summed E-state index contributed by atoms with van der Waals surface area (Å²) in [6, 6.07) is 7.44. The van der Waals surface area contributed by atoms with Gasteiger partial charge in [0.25, 0.3) is 5.91 Å². The summed E-state index contributed by atoms with van der Waals surface area (Å²) in [6.45, 7) is 2.31. The van der Waals surface area contributed by atoms with Crippen molar-refractivity contribution >= 4 is 34.4 Å². The fraction of sp³-hybridized carbons (Fsp3) is 0.182. The highest BCUT2D eigenvalue weighted by molar-refractivity contribution is 14.1. The number of hydrogen-bond donors (Lipinski definition) is 2. The number of carbonyl (C=O) groups is 1. The minimum atomic E-state index is -0.245. The molecule has 0 spiro atoms. The van der Waals surface area contributed by atoms with Gasteiger partial charge in [-0.05, 0) is 53.8 Å². The van der Waals surface area contributed by atoms with Crippen LogP contribution in [0.1, 0.15) is 17.3 Å². The number of H-pyrrole nitrogens is 1. The number of aromatic amines is 1. The van der Waals surface area contributed by atoms with E-state index in [0.717, 1.165) is 3.57 Å². The number of amides is 1. The van der Waals surface area contributed by atoms with Crippen molar-refractivity contribution in [3.05, 3.63) is 33.4 Å². The van der Waals surface area contributed by atoms with E-state index >= 15 is 0 Å². The van der Waals surface area contributed by atoms with Crippen LogP contribution in [0.2, 0.25) is 0 Å². The first-order valence-electron chi connectivity index (χ1n) is 5.31. The average molecular weight is 358 g/mol. The van der Waals surface area contributed by atoms with Crippen LogP contribution in [0.5, 0.6) is 6.01 Å². The van der Waals surface area contributed by atoms with Gasteiger partial charge in [0.15, 0.2) is 0 Å². The van der Waals surface area contributed by atoms with Gasteiger partial charge >= 0.3 is 6.01 Å². The summed E-state index contributed by atoms with van der Waals surface area (Å²) in [5, 5.41) is 8.98. The van der Waals surface area contributed by atoms with Crippen LogP contribution < -0.4 is 10.1 Å². The molecule has 0 bridgehead atoms. The van der Waals surface area contributed by atoms with Crippen molar-refractivity contribution in [1.29, 1.82) is 0 Å². The molecular weight excluding hydrogens is 347 g/mol. The Morgan fingerprint density at radius 2 is 2.17 bits per heavy atom. The second kappa shape index (κ2) is 5.80. The van der Waals surface area contributed by atoms with Crippen LogP contribution in [-0.4, -0.2) is 27.7 Å². The van der Waals surface area contributed by atoms with E-state index in [1.165, 1.54) is 0 Å². The Morgan fingerprint density at radius 1 is 1.44 bits per heavy atom. The molecule has 1 aromatic heterocycles. The normalized spacial score (nSPS) is 10.1. The van der Waals surface area contributed by atoms with Gasteiger partial charge in [-0.1, -0.05) is 0 Å². The number of benzene rings is 1. The average Bonchev–Trinajstić information content (AvgIpc) is 2.78. The van der Waals surface area contributed by atoms with Crippen LogP contribution >= 0.6 is 22.6 Å². The Labute approximate surface area is 117 Å². The maximum absolute atomic E-state index is 11.9. The van der Waals surface area contributed by atoms with Gasteiger partial charge in [0.05, 0.1) is 6.61 Å². The molecule has 0 atom stereocenters. The maximum Gasteiger partial charge on any atom is 0.337 e. The SMILES string of the molecule is CCOc1n[nH]c(NC(=O)c2ccc(I)cc2)n1. The monoisotopic (exact) mass is 358 g/mol. The van der Waals surface area contributed by atoms with Crippen LogP contribution in [0, 0.1) is 3.57 Å². The van der Waals surface area contributed by atoms with Crippen LogP contribution in [0.25, 0.3) is 0 Å². The lowest BCUT2D eigenvalue weighted by atomic mass is 10.2. The molecule has 2 aromatic rings. The lowest BCUT2D eigenvalue weighted by Gasteiger charge is -2.01. The minimum Gasteiger partial charge on any atom is -0.463 e. The zero-order chi connectivity index (χ0) is 13.0. The van der Waals surface area contributed by atoms with Gasteiger partial charge in [0.2, 0.25) is 5.95 Å². The highest BCUT2D eigenvalue weighted by Gasteiger charge is 2.09. The molecule has 0 fully saturated rings. The first-order valence-corrected chi connectivity index (χ1v) is 6.39. The summed E-state index contributed by atoms with van der Waals surface area (Å²) in [4.78, 5) is 15.8. The molecule has 1 aromatic carbocycles. The topological polar surface area (TPSA) is 79.9 Å². The molecule has 1 amide bonds. The smallest absolute Gasteiger partial charge is 0.337 e. The molecular formula is C11H11IN4O2. The summed E-state index contributed by atoms with van der Waals surface area (Å²) >= 11 is 2.18. The van der Waals surface area contributed by atoms with Gasteiger partial charge in [-0.2, -0.15) is 4.98 Å². The molecule has 0 saturated carbocycles. The number of nitrogens with zero attached hydrogens (tertiary/aromatic N) is 2. The fourth-order valence-corrected chi connectivity index (χ4v) is 1.64. The third kappa shape index (κ3) is 3.19. The molecule has 7 heteroatoms. The molecule has 2 N–H and O–H groups in total. The quantitative estimate of drug-likeness (QED) is 0.820. The molecule has 1 heterocycles. The Morgan fingerprint density at radius 3 is 2.83 bits per heavy atom. The van der Waals surface area contributed by atoms with Crippen LogP contribution in [0.4, 0.5) is 5.95 Å². The Kier molecular flexibility index (Phi) is 4.13. The Hall–Kier alpha value is -1.64. The number of anilines is 1. The lowest BCUT2D eigenvalue weighted by molar-refractivity contribution is 0.102. The number of aromatic nitrogens is 3. The number of carbonyl (C=O) groups excluding carboxylic acids is 1. The van der Waals surface area contributed by atoms with Crippen molar-refractivity contribution in [2.75, 3.05) is 11.9 Å². The number of rotatable bonds is 4. The second-order valence-corrected chi connectivity index (χ2v) is 4.61. The van der Waals surface area contributed by atoms with Gasteiger partial charge in [0.1, 0.15) is 0 Å². The molecule has 0 aliphatic carbocycles. The highest BCUT2D eigenvalue weighted by Crippen LogP contribution is 2.10. The number of nitrogens with one attached hydrogen (secondary N) is 2. The Bertz CT molecular complexity index is 538. The zero-order valence-corrected chi connectivity index (χ0v) is 11.8. The summed E-state index contributed by atoms with van der Waals surface area (Å²) in [5.41, 5.74) is 0.560. The van der Waals surface area contributed by atoms with E-state index in [2.05, 4.69) is 43.1 Å². The first kappa shape index (κ1) is 12.8. The molecule has 18 heavy (non-hydrogen) atoms. The van der Waals surface area contributed by atoms with Crippen molar-refractivity contribution < 1.29 is 9.53 Å². The predicted molar refractivity (Wildman–Crippen MR) is 74.7 cm³/mol. The van der Waals surface area contributed by atoms with Crippen LogP contribution in [0.15, 0.2) is 24.3 Å². The van der Waals surface area contributed by atoms with E-state index in [9.17, 15) is 4.79 Å². The zero-order valence-electron chi connectivity index (χ0n) is 9.61. The van der Waals surface area contributed by atoms with Gasteiger partial charge < -0.3 is 4.74 Å². The number of ether oxygens (including phenoxy) is 1. The van der Waals surface area contributed by atoms with E-state index in [0.29, 0.717) is 12.2 Å². The van der Waals surface area contributed by atoms with E-state index in [1.807, 2.05) is 19.1 Å². The standard InChI is InChI=1S/C11H11IN4O2/c1-2-18-11-14-10(15-16-11)13-9(17)7-3-5-8(12)6-4-7/h3-6H,2H2,1H3,(H2,13,14,15,16,17). The largest absolute Gasteiger partial charge is 0.463 e. The van der Waals surface area contributed by atoms with E-state index in [-0.39, 0.29) is 17.9 Å². The number of halogens is 1. The van der Waals surface area contributed by atoms with Crippen molar-refractivity contribution in [2.45, 2.75) is 6.92 Å². The third-order valence-electron chi connectivity index (χ3n) is 2.08. The van der Waals surface area contributed by atoms with Gasteiger partial charge in [0, 0.05) is 9.13 Å². The molecule has 0 radical (unpaired) electrons. The first-order chi connectivity index (χ1) is 8.69. The number of hydrogen-bond acceptors (Lipinski definition) is 4. The minimum absolute atomic E-state index is 0.218. The molecule has 0 saturated heterocycles. The molecule has 0 aliphatic heterocycles. The van der Waals surface area contributed by atoms with Gasteiger partial charge in [-0.15, -0.1) is 5.10 Å². The Balaban J connectivity index is 2.04. The van der Waals surface area contributed by atoms with Crippen molar-refractivity contribution in [1.82, 2.24) is 15.2 Å². The molecule has 94 valence electrons. The van der Waals surface area contributed by atoms with Crippen molar-refractivity contribution in [3.8, 4) is 6.01 Å². The molecule has 0 unspecified atom stereocenters. The van der Waals surface area contributed by atoms with Gasteiger partial charge in [-0.25, -0.2) is 5.10 Å². The highest BCUT2D eigenvalue weighted by atomic mass is 127. The van der Waals surface area contributed by atoms with Crippen LogP contribution in [-0.2, 0) is 0 Å². The fourth-order valence-electron chi connectivity index (χ4n) is 1.28. The van der Waals surface area contributed by atoms with Crippen LogP contribution in [0.3, 0.4) is 0 Å². The second-order valence-electron chi connectivity index (χ2n) is 3.36. The summed E-state index contributed by atoms with van der Waals surface area (Å²) in [6.07, 6.45) is 0. The van der Waals surface area contributed by atoms with Crippen molar-refractivity contribution in [2.24, 2.45) is 0 Å². The summed E-state index contributed by atoms with van der Waals surface area (Å²) < 4.78 is 6.16. The van der Waals surface area contributed by atoms with E-state index in [1.54, 1.807) is 12.1 Å². The maximum atomic E-state index is 11.9. The predicted octanol–water partition coefficient (Wildman–Crippen LogP) is 2.06. The lowest BCUT2D eigenvalue weighted by Crippen LogP contribution is -2.12. The van der Waals surface area contributed by atoms with E-state index in [4.69, 9.17) is 4.74 Å². The van der Waals surface area contributed by atoms with Gasteiger partial charge in [-0.3, -0.25) is 10.1 Å². The molecule has 6 nitrogen and oxygen atoms in total. The van der Waals surface area contributed by atoms with E-state index < -0.39 is 0 Å². The third-order valence-corrected chi connectivity index (χ3v) is 2.80. The summed E-state index contributed by atoms with van der Waals surface area (Å²) in [7, 11) is 0. The van der Waals surface area contributed by atoms with Crippen molar-refractivity contribution in [3.63, 3.8) is 0 Å². The molecule has 2 rings (SSSR count). The molecule has 0 aliphatic rings.